The number of ether oxygens (including phenoxy) is 3. The van der Waals surface area contributed by atoms with Crippen molar-refractivity contribution < 1.29 is 49.0 Å². The van der Waals surface area contributed by atoms with Crippen molar-refractivity contribution >= 4 is 17.9 Å². The Morgan fingerprint density at radius 3 is 1.84 bits per heavy atom. The van der Waals surface area contributed by atoms with Gasteiger partial charge in [-0.3, -0.25) is 14.5 Å². The minimum Gasteiger partial charge on any atom is -0.497 e. The molecular formula is C31H37N3O10. The SMILES string of the molecule is COc1ccc(CN(Cc2cnc(-c3ccc(OC)cc3)nc2)CC2CCCO2)cc1.O=C(O)CC(O)(CC(=O)O)C(=O)O. The molecule has 0 aliphatic carbocycles. The fourth-order valence-corrected chi connectivity index (χ4v) is 4.55. The van der Waals surface area contributed by atoms with Crippen molar-refractivity contribution in [2.75, 3.05) is 27.4 Å². The summed E-state index contributed by atoms with van der Waals surface area (Å²) in [5.41, 5.74) is 0.567. The number of rotatable bonds is 14. The van der Waals surface area contributed by atoms with Crippen molar-refractivity contribution in [2.24, 2.45) is 0 Å². The second kappa shape index (κ2) is 16.3. The van der Waals surface area contributed by atoms with Gasteiger partial charge in [-0.15, -0.1) is 0 Å². The zero-order valence-corrected chi connectivity index (χ0v) is 24.6. The van der Waals surface area contributed by atoms with E-state index >= 15 is 0 Å². The van der Waals surface area contributed by atoms with Crippen LogP contribution in [0.3, 0.4) is 0 Å². The molecule has 4 rings (SSSR count). The molecule has 13 nitrogen and oxygen atoms in total. The molecular weight excluding hydrogens is 574 g/mol. The van der Waals surface area contributed by atoms with Crippen LogP contribution in [0.1, 0.15) is 36.8 Å². The van der Waals surface area contributed by atoms with E-state index in [0.717, 1.165) is 61.7 Å². The van der Waals surface area contributed by atoms with E-state index in [-0.39, 0.29) is 6.10 Å². The van der Waals surface area contributed by atoms with Crippen LogP contribution in [0.2, 0.25) is 0 Å². The minimum absolute atomic E-state index is 0.290. The number of aliphatic carboxylic acids is 3. The Kier molecular flexibility index (Phi) is 12.6. The van der Waals surface area contributed by atoms with E-state index in [1.165, 1.54) is 5.56 Å². The second-order valence-corrected chi connectivity index (χ2v) is 10.3. The van der Waals surface area contributed by atoms with Gasteiger partial charge in [-0.25, -0.2) is 14.8 Å². The maximum absolute atomic E-state index is 10.3. The van der Waals surface area contributed by atoms with Gasteiger partial charge in [0.15, 0.2) is 11.4 Å². The Balaban J connectivity index is 0.000000345. The van der Waals surface area contributed by atoms with E-state index in [0.29, 0.717) is 5.82 Å². The fraction of sp³-hybridized carbons (Fsp3) is 0.387. The molecule has 1 saturated heterocycles. The van der Waals surface area contributed by atoms with Crippen LogP contribution < -0.4 is 9.47 Å². The Morgan fingerprint density at radius 1 is 0.864 bits per heavy atom. The predicted octanol–water partition coefficient (Wildman–Crippen LogP) is 3.09. The first-order valence-corrected chi connectivity index (χ1v) is 13.8. The van der Waals surface area contributed by atoms with E-state index in [2.05, 4.69) is 27.0 Å². The average molecular weight is 612 g/mol. The Labute approximate surface area is 254 Å². The molecule has 13 heteroatoms. The smallest absolute Gasteiger partial charge is 0.336 e. The first kappa shape index (κ1) is 33.9. The average Bonchev–Trinajstić information content (AvgIpc) is 3.50. The van der Waals surface area contributed by atoms with Crippen LogP contribution in [0.4, 0.5) is 0 Å². The molecule has 2 heterocycles. The summed E-state index contributed by atoms with van der Waals surface area (Å²) in [5, 5.41) is 33.8. The van der Waals surface area contributed by atoms with Crippen molar-refractivity contribution in [1.82, 2.24) is 14.9 Å². The van der Waals surface area contributed by atoms with Gasteiger partial charge < -0.3 is 34.6 Å². The van der Waals surface area contributed by atoms with Crippen LogP contribution >= 0.6 is 0 Å². The van der Waals surface area contributed by atoms with Crippen LogP contribution in [-0.2, 0) is 32.2 Å². The summed E-state index contributed by atoms with van der Waals surface area (Å²) in [6, 6.07) is 16.0. The number of carboxylic acid groups (broad SMARTS) is 3. The third kappa shape index (κ3) is 10.6. The van der Waals surface area contributed by atoms with Gasteiger partial charge in [-0.1, -0.05) is 12.1 Å². The third-order valence-corrected chi connectivity index (χ3v) is 6.80. The normalized spacial score (nSPS) is 14.4. The molecule has 1 aliphatic rings. The maximum Gasteiger partial charge on any atom is 0.336 e. The van der Waals surface area contributed by atoms with Crippen molar-refractivity contribution in [3.8, 4) is 22.9 Å². The predicted molar refractivity (Wildman–Crippen MR) is 157 cm³/mol. The summed E-state index contributed by atoms with van der Waals surface area (Å²) in [4.78, 5) is 42.1. The highest BCUT2D eigenvalue weighted by Crippen LogP contribution is 2.21. The molecule has 4 N–H and O–H groups in total. The Bertz CT molecular complexity index is 1340. The molecule has 1 atom stereocenters. The summed E-state index contributed by atoms with van der Waals surface area (Å²) >= 11 is 0. The van der Waals surface area contributed by atoms with Gasteiger partial charge in [0.05, 0.1) is 33.2 Å². The molecule has 1 aromatic heterocycles. The number of hydrogen-bond acceptors (Lipinski definition) is 10. The highest BCUT2D eigenvalue weighted by molar-refractivity contribution is 5.88. The van der Waals surface area contributed by atoms with E-state index in [1.54, 1.807) is 14.2 Å². The van der Waals surface area contributed by atoms with Gasteiger partial charge >= 0.3 is 17.9 Å². The number of hydrogen-bond donors (Lipinski definition) is 4. The molecule has 0 amide bonds. The van der Waals surface area contributed by atoms with E-state index < -0.39 is 36.4 Å². The molecule has 1 aliphatic heterocycles. The molecule has 0 saturated carbocycles. The monoisotopic (exact) mass is 611 g/mol. The zero-order valence-electron chi connectivity index (χ0n) is 24.6. The highest BCUT2D eigenvalue weighted by Gasteiger charge is 2.40. The Hall–Kier alpha value is -4.59. The lowest BCUT2D eigenvalue weighted by Gasteiger charge is -2.25. The van der Waals surface area contributed by atoms with Gasteiger partial charge in [0.1, 0.15) is 11.5 Å². The standard InChI is InChI=1S/C25H29N3O3.C6H8O7/c1-29-22-9-5-19(6-10-22)16-28(18-24-4-3-13-31-24)17-20-14-26-25(27-15-20)21-7-11-23(30-2)12-8-21;7-3(8)1-6(13,5(11)12)2-4(9)10/h5-12,14-15,24H,3-4,13,16-18H2,1-2H3;13H,1-2H2,(H,7,8)(H,9,10)(H,11,12). The fourth-order valence-electron chi connectivity index (χ4n) is 4.55. The van der Waals surface area contributed by atoms with Gasteiger partial charge in [-0.2, -0.15) is 0 Å². The molecule has 1 fully saturated rings. The van der Waals surface area contributed by atoms with Crippen LogP contribution in [0.15, 0.2) is 60.9 Å². The van der Waals surface area contributed by atoms with Crippen molar-refractivity contribution in [2.45, 2.75) is 50.5 Å². The number of nitrogens with zero attached hydrogens (tertiary/aromatic N) is 3. The minimum atomic E-state index is -2.74. The Morgan fingerprint density at radius 2 is 1.39 bits per heavy atom. The van der Waals surface area contributed by atoms with Gasteiger partial charge in [0.2, 0.25) is 0 Å². The first-order valence-electron chi connectivity index (χ1n) is 13.8. The van der Waals surface area contributed by atoms with E-state index in [4.69, 9.17) is 34.6 Å². The van der Waals surface area contributed by atoms with Crippen LogP contribution in [0.25, 0.3) is 11.4 Å². The van der Waals surface area contributed by atoms with Crippen molar-refractivity contribution in [1.29, 1.82) is 0 Å². The van der Waals surface area contributed by atoms with Crippen LogP contribution in [0, 0.1) is 0 Å². The molecule has 1 unspecified atom stereocenters. The number of carboxylic acids is 3. The van der Waals surface area contributed by atoms with E-state index in [9.17, 15) is 14.4 Å². The summed E-state index contributed by atoms with van der Waals surface area (Å²) in [5.74, 6) is -2.61. The molecule has 0 spiro atoms. The van der Waals surface area contributed by atoms with Crippen LogP contribution in [-0.4, -0.2) is 92.3 Å². The van der Waals surface area contributed by atoms with Gasteiger partial charge in [0, 0.05) is 49.8 Å². The zero-order chi connectivity index (χ0) is 32.1. The molecule has 0 radical (unpaired) electrons. The summed E-state index contributed by atoms with van der Waals surface area (Å²) in [6.45, 7) is 3.37. The molecule has 44 heavy (non-hydrogen) atoms. The lowest BCUT2D eigenvalue weighted by atomic mass is 9.96. The number of aromatic nitrogens is 2. The second-order valence-electron chi connectivity index (χ2n) is 10.3. The summed E-state index contributed by atoms with van der Waals surface area (Å²) in [7, 11) is 3.35. The number of carbonyl (C=O) groups is 3. The summed E-state index contributed by atoms with van der Waals surface area (Å²) in [6.07, 6.45) is 4.10. The number of methoxy groups -OCH3 is 2. The van der Waals surface area contributed by atoms with Crippen molar-refractivity contribution in [3.05, 3.63) is 72.1 Å². The van der Waals surface area contributed by atoms with E-state index in [1.807, 2.05) is 48.8 Å². The largest absolute Gasteiger partial charge is 0.497 e. The highest BCUT2D eigenvalue weighted by atomic mass is 16.5. The number of benzene rings is 2. The first-order chi connectivity index (χ1) is 21.0. The summed E-state index contributed by atoms with van der Waals surface area (Å²) < 4.78 is 16.4. The molecule has 236 valence electrons. The quantitative estimate of drug-likeness (QED) is 0.208. The maximum atomic E-state index is 10.3. The third-order valence-electron chi connectivity index (χ3n) is 6.80. The molecule has 0 bridgehead atoms. The lowest BCUT2D eigenvalue weighted by molar-refractivity contribution is -0.170. The van der Waals surface area contributed by atoms with Crippen molar-refractivity contribution in [3.63, 3.8) is 0 Å². The topological polar surface area (TPSA) is 189 Å². The lowest BCUT2D eigenvalue weighted by Crippen LogP contribution is -2.42. The van der Waals surface area contributed by atoms with Crippen LogP contribution in [0.5, 0.6) is 11.5 Å². The van der Waals surface area contributed by atoms with Gasteiger partial charge in [0.25, 0.3) is 0 Å². The van der Waals surface area contributed by atoms with Gasteiger partial charge in [-0.05, 0) is 54.8 Å². The number of aliphatic hydroxyl groups is 1. The molecule has 2 aromatic carbocycles. The molecule has 3 aromatic rings.